The quantitative estimate of drug-likeness (QED) is 0.783. The van der Waals surface area contributed by atoms with Crippen LogP contribution in [-0.4, -0.2) is 20.8 Å². The maximum atomic E-state index is 4.70. The Morgan fingerprint density at radius 2 is 2.10 bits per heavy atom. The molecule has 5 heteroatoms. The van der Waals surface area contributed by atoms with Crippen molar-refractivity contribution < 1.29 is 0 Å². The average molecular weight is 286 g/mol. The SMILES string of the molecule is CC(Cn1cccn1)NC(C)c1nc2ccccc2s1. The minimum atomic E-state index is 0.248. The van der Waals surface area contributed by atoms with Crippen LogP contribution in [0.1, 0.15) is 24.9 Å². The molecule has 20 heavy (non-hydrogen) atoms. The molecule has 2 heterocycles. The van der Waals surface area contributed by atoms with Gasteiger partial charge in [-0.05, 0) is 32.0 Å². The first kappa shape index (κ1) is 13.3. The monoisotopic (exact) mass is 286 g/mol. The zero-order valence-corrected chi connectivity index (χ0v) is 12.5. The first-order chi connectivity index (χ1) is 9.72. The van der Waals surface area contributed by atoms with Gasteiger partial charge in [0, 0.05) is 18.4 Å². The summed E-state index contributed by atoms with van der Waals surface area (Å²) in [7, 11) is 0. The molecule has 2 atom stereocenters. The molecule has 0 spiro atoms. The molecule has 4 nitrogen and oxygen atoms in total. The van der Waals surface area contributed by atoms with E-state index in [9.17, 15) is 0 Å². The lowest BCUT2D eigenvalue weighted by molar-refractivity contribution is 0.412. The van der Waals surface area contributed by atoms with Gasteiger partial charge in [-0.15, -0.1) is 11.3 Å². The second-order valence-electron chi connectivity index (χ2n) is 5.04. The number of nitrogens with one attached hydrogen (secondary N) is 1. The van der Waals surface area contributed by atoms with Gasteiger partial charge in [0.15, 0.2) is 0 Å². The third-order valence-corrected chi connectivity index (χ3v) is 4.45. The zero-order chi connectivity index (χ0) is 13.9. The van der Waals surface area contributed by atoms with Crippen molar-refractivity contribution in [2.75, 3.05) is 0 Å². The van der Waals surface area contributed by atoms with E-state index < -0.39 is 0 Å². The Balaban J connectivity index is 1.67. The largest absolute Gasteiger partial charge is 0.304 e. The lowest BCUT2D eigenvalue weighted by atomic mass is 10.2. The second kappa shape index (κ2) is 5.73. The van der Waals surface area contributed by atoms with Crippen LogP contribution in [0, 0.1) is 0 Å². The smallest absolute Gasteiger partial charge is 0.111 e. The molecule has 0 saturated heterocycles. The fraction of sp³-hybridized carbons (Fsp3) is 0.333. The Morgan fingerprint density at radius 1 is 1.25 bits per heavy atom. The minimum absolute atomic E-state index is 0.248. The van der Waals surface area contributed by atoms with Gasteiger partial charge in [-0.2, -0.15) is 5.10 Å². The van der Waals surface area contributed by atoms with Crippen LogP contribution in [0.15, 0.2) is 42.7 Å². The van der Waals surface area contributed by atoms with Crippen molar-refractivity contribution in [3.8, 4) is 0 Å². The number of nitrogens with zero attached hydrogens (tertiary/aromatic N) is 3. The maximum absolute atomic E-state index is 4.70. The summed E-state index contributed by atoms with van der Waals surface area (Å²) in [6, 6.07) is 10.8. The summed E-state index contributed by atoms with van der Waals surface area (Å²) in [6.45, 7) is 5.20. The van der Waals surface area contributed by atoms with Gasteiger partial charge in [0.1, 0.15) is 5.01 Å². The van der Waals surface area contributed by atoms with E-state index in [2.05, 4.69) is 42.5 Å². The van der Waals surface area contributed by atoms with Crippen LogP contribution < -0.4 is 5.32 Å². The van der Waals surface area contributed by atoms with Gasteiger partial charge in [-0.3, -0.25) is 4.68 Å². The van der Waals surface area contributed by atoms with Crippen LogP contribution >= 0.6 is 11.3 Å². The summed E-state index contributed by atoms with van der Waals surface area (Å²) < 4.78 is 3.19. The number of hydrogen-bond donors (Lipinski definition) is 1. The van der Waals surface area contributed by atoms with Crippen LogP contribution in [0.5, 0.6) is 0 Å². The number of hydrogen-bond acceptors (Lipinski definition) is 4. The van der Waals surface area contributed by atoms with Crippen molar-refractivity contribution in [2.45, 2.75) is 32.5 Å². The second-order valence-corrected chi connectivity index (χ2v) is 6.10. The predicted molar refractivity (Wildman–Crippen MR) is 82.9 cm³/mol. The molecule has 0 radical (unpaired) electrons. The molecule has 0 saturated carbocycles. The molecule has 0 amide bonds. The molecule has 3 rings (SSSR count). The number of para-hydroxylation sites is 1. The number of benzene rings is 1. The van der Waals surface area contributed by atoms with Crippen molar-refractivity contribution in [1.82, 2.24) is 20.1 Å². The van der Waals surface area contributed by atoms with Gasteiger partial charge >= 0.3 is 0 Å². The highest BCUT2D eigenvalue weighted by Gasteiger charge is 2.14. The third kappa shape index (κ3) is 2.89. The van der Waals surface area contributed by atoms with E-state index in [1.165, 1.54) is 4.70 Å². The van der Waals surface area contributed by atoms with Crippen LogP contribution in [0.2, 0.25) is 0 Å². The number of aromatic nitrogens is 3. The highest BCUT2D eigenvalue weighted by Crippen LogP contribution is 2.26. The molecule has 3 aromatic rings. The number of rotatable bonds is 5. The predicted octanol–water partition coefficient (Wildman–Crippen LogP) is 3.23. The Hall–Kier alpha value is -1.72. The van der Waals surface area contributed by atoms with E-state index in [1.807, 2.05) is 29.2 Å². The molecule has 0 aliphatic heterocycles. The van der Waals surface area contributed by atoms with Crippen LogP contribution in [-0.2, 0) is 6.54 Å². The van der Waals surface area contributed by atoms with E-state index in [1.54, 1.807) is 11.3 Å². The Labute approximate surface area is 122 Å². The molecule has 1 N–H and O–H groups in total. The maximum Gasteiger partial charge on any atom is 0.111 e. The molecular weight excluding hydrogens is 268 g/mol. The van der Waals surface area contributed by atoms with Gasteiger partial charge in [0.05, 0.1) is 22.8 Å². The normalized spacial score (nSPS) is 14.5. The van der Waals surface area contributed by atoms with Crippen molar-refractivity contribution in [2.24, 2.45) is 0 Å². The molecule has 0 fully saturated rings. The molecule has 104 valence electrons. The fourth-order valence-corrected chi connectivity index (χ4v) is 3.29. The van der Waals surface area contributed by atoms with E-state index in [0.717, 1.165) is 17.1 Å². The van der Waals surface area contributed by atoms with Crippen molar-refractivity contribution in [1.29, 1.82) is 0 Å². The standard InChI is InChI=1S/C15H18N4S/c1-11(10-19-9-5-8-16-19)17-12(2)15-18-13-6-3-4-7-14(13)20-15/h3-9,11-12,17H,10H2,1-2H3. The molecule has 2 unspecified atom stereocenters. The summed E-state index contributed by atoms with van der Waals surface area (Å²) in [5.41, 5.74) is 1.08. The van der Waals surface area contributed by atoms with Crippen molar-refractivity contribution >= 4 is 21.6 Å². The first-order valence-electron chi connectivity index (χ1n) is 6.81. The third-order valence-electron chi connectivity index (χ3n) is 3.24. The number of fused-ring (bicyclic) bond motifs is 1. The first-order valence-corrected chi connectivity index (χ1v) is 7.63. The molecule has 2 aromatic heterocycles. The van der Waals surface area contributed by atoms with E-state index >= 15 is 0 Å². The zero-order valence-electron chi connectivity index (χ0n) is 11.7. The van der Waals surface area contributed by atoms with E-state index in [-0.39, 0.29) is 6.04 Å². The molecule has 0 aliphatic carbocycles. The van der Waals surface area contributed by atoms with Crippen LogP contribution in [0.4, 0.5) is 0 Å². The van der Waals surface area contributed by atoms with Crippen molar-refractivity contribution in [3.63, 3.8) is 0 Å². The topological polar surface area (TPSA) is 42.7 Å². The molecular formula is C15H18N4S. The minimum Gasteiger partial charge on any atom is -0.304 e. The Kier molecular flexibility index (Phi) is 3.80. The van der Waals surface area contributed by atoms with Gasteiger partial charge in [0.2, 0.25) is 0 Å². The lowest BCUT2D eigenvalue weighted by Crippen LogP contribution is -2.32. The van der Waals surface area contributed by atoms with Crippen LogP contribution in [0.3, 0.4) is 0 Å². The highest BCUT2D eigenvalue weighted by atomic mass is 32.1. The van der Waals surface area contributed by atoms with Gasteiger partial charge in [0.25, 0.3) is 0 Å². The van der Waals surface area contributed by atoms with Gasteiger partial charge in [-0.25, -0.2) is 4.98 Å². The lowest BCUT2D eigenvalue weighted by Gasteiger charge is -2.18. The van der Waals surface area contributed by atoms with E-state index in [4.69, 9.17) is 4.98 Å². The number of thiazole rings is 1. The Bertz CT molecular complexity index is 641. The highest BCUT2D eigenvalue weighted by molar-refractivity contribution is 7.18. The van der Waals surface area contributed by atoms with Gasteiger partial charge in [-0.1, -0.05) is 12.1 Å². The molecule has 0 bridgehead atoms. The summed E-state index contributed by atoms with van der Waals surface area (Å²) in [5.74, 6) is 0. The van der Waals surface area contributed by atoms with Crippen LogP contribution in [0.25, 0.3) is 10.2 Å². The van der Waals surface area contributed by atoms with Crippen molar-refractivity contribution in [3.05, 3.63) is 47.7 Å². The van der Waals surface area contributed by atoms with E-state index in [0.29, 0.717) is 6.04 Å². The summed E-state index contributed by atoms with van der Waals surface area (Å²) in [5, 5.41) is 8.95. The molecule has 0 aliphatic rings. The summed E-state index contributed by atoms with van der Waals surface area (Å²) in [4.78, 5) is 4.70. The summed E-state index contributed by atoms with van der Waals surface area (Å²) in [6.07, 6.45) is 3.80. The fourth-order valence-electron chi connectivity index (χ4n) is 2.32. The molecule has 1 aromatic carbocycles. The van der Waals surface area contributed by atoms with Gasteiger partial charge < -0.3 is 5.32 Å². The Morgan fingerprint density at radius 3 is 2.85 bits per heavy atom. The summed E-state index contributed by atoms with van der Waals surface area (Å²) >= 11 is 1.76. The average Bonchev–Trinajstić information content (AvgIpc) is 3.06.